The second-order valence-electron chi connectivity index (χ2n) is 17.0. The molecule has 3 saturated heterocycles. The van der Waals surface area contributed by atoms with Gasteiger partial charge in [-0.3, -0.25) is 9.69 Å². The van der Waals surface area contributed by atoms with Crippen molar-refractivity contribution in [3.05, 3.63) is 101 Å². The Balaban J connectivity index is 0.912. The monoisotopic (exact) mass is 857 g/mol. The lowest BCUT2D eigenvalue weighted by molar-refractivity contribution is -0.130. The van der Waals surface area contributed by atoms with E-state index in [2.05, 4.69) is 14.8 Å². The number of hydrogen-bond acceptors (Lipinski definition) is 9. The summed E-state index contributed by atoms with van der Waals surface area (Å²) in [6.07, 6.45) is 10.3. The van der Waals surface area contributed by atoms with Crippen molar-refractivity contribution in [3.8, 4) is 5.75 Å². The first-order valence-corrected chi connectivity index (χ1v) is 21.5. The molecule has 1 aromatic heterocycles. The molecule has 1 aliphatic carbocycles. The number of piperidine rings is 3. The summed E-state index contributed by atoms with van der Waals surface area (Å²) < 4.78 is 49.1. The van der Waals surface area contributed by atoms with Crippen LogP contribution in [-0.4, -0.2) is 114 Å². The van der Waals surface area contributed by atoms with E-state index in [1.54, 1.807) is 40.1 Å². The number of nitrogens with one attached hydrogen (secondary N) is 1. The van der Waals surface area contributed by atoms with Crippen LogP contribution in [0.15, 0.2) is 89.6 Å². The number of para-hydroxylation sites is 1. The van der Waals surface area contributed by atoms with Crippen molar-refractivity contribution in [2.75, 3.05) is 64.3 Å². The Kier molecular flexibility index (Phi) is 13.5. The van der Waals surface area contributed by atoms with Crippen LogP contribution >= 0.6 is 0 Å². The number of aromatic hydroxyl groups is 1. The second-order valence-corrected chi connectivity index (χ2v) is 17.0. The summed E-state index contributed by atoms with van der Waals surface area (Å²) in [6, 6.07) is 11.2. The van der Waals surface area contributed by atoms with Gasteiger partial charge in [0, 0.05) is 125 Å². The molecule has 7 rings (SSSR count). The lowest BCUT2D eigenvalue weighted by Gasteiger charge is -2.41. The molecule has 3 aliphatic heterocycles. The minimum atomic E-state index is -1.42. The average molecular weight is 858 g/mol. The quantitative estimate of drug-likeness (QED) is 0.115. The van der Waals surface area contributed by atoms with Gasteiger partial charge in [-0.05, 0) is 62.4 Å². The minimum Gasteiger partial charge on any atom is -0.507 e. The third kappa shape index (κ3) is 9.75. The number of allylic oxidation sites excluding steroid dienone is 3. The molecule has 0 saturated carbocycles. The van der Waals surface area contributed by atoms with Crippen molar-refractivity contribution in [2.45, 2.75) is 69.2 Å². The largest absolute Gasteiger partial charge is 0.507 e. The third-order valence-corrected chi connectivity index (χ3v) is 12.9. The van der Waals surface area contributed by atoms with Crippen LogP contribution in [-0.2, 0) is 9.59 Å². The van der Waals surface area contributed by atoms with Crippen molar-refractivity contribution >= 4 is 40.5 Å². The summed E-state index contributed by atoms with van der Waals surface area (Å²) in [5.41, 5.74) is 20.6. The lowest BCUT2D eigenvalue weighted by atomic mass is 9.83. The summed E-state index contributed by atoms with van der Waals surface area (Å²) >= 11 is 0. The van der Waals surface area contributed by atoms with E-state index >= 15 is 13.2 Å². The second kappa shape index (κ2) is 19.0. The fourth-order valence-corrected chi connectivity index (χ4v) is 9.54. The molecule has 16 heteroatoms. The molecular formula is C46H58F3N9O4. The minimum absolute atomic E-state index is 0.00536. The van der Waals surface area contributed by atoms with Gasteiger partial charge in [0.25, 0.3) is 0 Å². The number of nitrogens with zero attached hydrogens (tertiary/aromatic N) is 5. The zero-order valence-corrected chi connectivity index (χ0v) is 35.2. The smallest absolute Gasteiger partial charge is 0.321 e. The number of carbonyl (C=O) groups excluding carboxylic acids is 3. The number of benzene rings is 2. The highest BCUT2D eigenvalue weighted by Crippen LogP contribution is 2.37. The molecule has 3 amide bonds. The van der Waals surface area contributed by atoms with Gasteiger partial charge in [0.05, 0.1) is 16.9 Å². The maximum atomic E-state index is 16.3. The standard InChI is InChI=1S/C46H58F3N9O4/c1-53-45(62)58(16-4-22-59)40-24-32-11-19-57(39(32)25-37(40)48)35-12-17-54(18-13-35)29-46(49)14-20-55(21-15-46)44(61)31-9-7-30(8-10-31)33-23-34(47)28-56(27-33)41(43(51)52)26-38(50)36-5-2-3-6-42(36)60/h2-3,5-7,9,11,19,22,24-26,33-35,60H,4,8,10,12-18,20-21,23,27-29,50-52H2,1H3,(H,53,62)/b38-26-. The first-order valence-electron chi connectivity index (χ1n) is 21.5. The molecule has 3 fully saturated rings. The van der Waals surface area contributed by atoms with E-state index in [-0.39, 0.29) is 79.7 Å². The van der Waals surface area contributed by atoms with Gasteiger partial charge in [0.1, 0.15) is 35.5 Å². The fourth-order valence-electron chi connectivity index (χ4n) is 9.54. The van der Waals surface area contributed by atoms with Gasteiger partial charge in [-0.1, -0.05) is 29.9 Å². The number of phenolic OH excluding ortho intramolecular Hbond substituents is 1. The molecule has 0 bridgehead atoms. The number of rotatable bonds is 12. The van der Waals surface area contributed by atoms with Gasteiger partial charge in [-0.2, -0.15) is 0 Å². The molecule has 332 valence electrons. The number of nitrogens with two attached hydrogens (primary N) is 3. The van der Waals surface area contributed by atoms with Crippen LogP contribution in [0, 0.1) is 11.7 Å². The van der Waals surface area contributed by atoms with E-state index in [1.165, 1.54) is 24.1 Å². The number of fused-ring (bicyclic) bond motifs is 1. The normalized spacial score (nSPS) is 21.3. The van der Waals surface area contributed by atoms with Gasteiger partial charge in [-0.15, -0.1) is 0 Å². The molecule has 2 unspecified atom stereocenters. The van der Waals surface area contributed by atoms with Crippen LogP contribution < -0.4 is 27.4 Å². The van der Waals surface area contributed by atoms with E-state index < -0.39 is 23.7 Å². The molecule has 2 atom stereocenters. The van der Waals surface area contributed by atoms with Crippen LogP contribution in [0.3, 0.4) is 0 Å². The zero-order chi connectivity index (χ0) is 44.1. The summed E-state index contributed by atoms with van der Waals surface area (Å²) in [5, 5.41) is 13.6. The van der Waals surface area contributed by atoms with Gasteiger partial charge in [-0.25, -0.2) is 18.0 Å². The number of urea groups is 1. The predicted octanol–water partition coefficient (Wildman–Crippen LogP) is 5.58. The van der Waals surface area contributed by atoms with E-state index in [1.807, 2.05) is 24.4 Å². The number of hydrogen-bond donors (Lipinski definition) is 5. The molecule has 8 N–H and O–H groups in total. The molecule has 2 aromatic carbocycles. The molecule has 13 nitrogen and oxygen atoms in total. The van der Waals surface area contributed by atoms with E-state index in [0.29, 0.717) is 80.6 Å². The number of carbonyl (C=O) groups is 3. The number of likely N-dealkylation sites (tertiary alicyclic amines) is 3. The van der Waals surface area contributed by atoms with Crippen LogP contribution in [0.5, 0.6) is 5.75 Å². The Bertz CT molecular complexity index is 2270. The molecule has 4 aliphatic rings. The first kappa shape index (κ1) is 44.2. The van der Waals surface area contributed by atoms with Crippen molar-refractivity contribution in [1.82, 2.24) is 24.6 Å². The Morgan fingerprint density at radius 2 is 1.74 bits per heavy atom. The third-order valence-electron chi connectivity index (χ3n) is 12.9. The Hall–Kier alpha value is -5.90. The van der Waals surface area contributed by atoms with Crippen LogP contribution in [0.25, 0.3) is 16.6 Å². The zero-order valence-electron chi connectivity index (χ0n) is 35.2. The Morgan fingerprint density at radius 3 is 2.40 bits per heavy atom. The van der Waals surface area contributed by atoms with E-state index in [9.17, 15) is 19.5 Å². The highest BCUT2D eigenvalue weighted by molar-refractivity contribution is 5.96. The molecule has 0 spiro atoms. The van der Waals surface area contributed by atoms with Crippen molar-refractivity contribution in [2.24, 2.45) is 23.1 Å². The molecule has 3 aromatic rings. The first-order chi connectivity index (χ1) is 29.8. The number of aromatic nitrogens is 1. The van der Waals surface area contributed by atoms with Crippen LogP contribution in [0.2, 0.25) is 0 Å². The predicted molar refractivity (Wildman–Crippen MR) is 234 cm³/mol. The summed E-state index contributed by atoms with van der Waals surface area (Å²) in [6.45, 7) is 2.90. The van der Waals surface area contributed by atoms with Crippen molar-refractivity contribution in [1.29, 1.82) is 0 Å². The Morgan fingerprint density at radius 1 is 1.00 bits per heavy atom. The van der Waals surface area contributed by atoms with Gasteiger partial charge in [0.15, 0.2) is 0 Å². The average Bonchev–Trinajstić information content (AvgIpc) is 3.67. The summed E-state index contributed by atoms with van der Waals surface area (Å²) in [4.78, 5) is 44.0. The summed E-state index contributed by atoms with van der Waals surface area (Å²) in [7, 11) is 1.46. The lowest BCUT2D eigenvalue weighted by Crippen LogP contribution is -2.51. The number of aldehydes is 1. The van der Waals surface area contributed by atoms with Crippen LogP contribution in [0.4, 0.5) is 23.7 Å². The maximum Gasteiger partial charge on any atom is 0.321 e. The number of phenols is 1. The Labute approximate surface area is 360 Å². The van der Waals surface area contributed by atoms with Crippen molar-refractivity contribution < 1.29 is 32.7 Å². The fraction of sp³-hybridized carbons (Fsp3) is 0.457. The highest BCUT2D eigenvalue weighted by Gasteiger charge is 2.39. The van der Waals surface area contributed by atoms with Crippen LogP contribution in [0.1, 0.15) is 63.0 Å². The topological polar surface area (TPSA) is 179 Å². The van der Waals surface area contributed by atoms with Gasteiger partial charge < -0.3 is 51.7 Å². The summed E-state index contributed by atoms with van der Waals surface area (Å²) in [5.74, 6) is -0.787. The van der Waals surface area contributed by atoms with E-state index in [4.69, 9.17) is 17.2 Å². The van der Waals surface area contributed by atoms with Gasteiger partial charge in [0.2, 0.25) is 5.91 Å². The number of anilines is 1. The van der Waals surface area contributed by atoms with Crippen molar-refractivity contribution in [3.63, 3.8) is 0 Å². The number of halogens is 3. The number of amides is 3. The molecule has 62 heavy (non-hydrogen) atoms. The maximum absolute atomic E-state index is 16.3. The number of alkyl halides is 2. The molecule has 0 radical (unpaired) electrons. The molecular weight excluding hydrogens is 800 g/mol. The van der Waals surface area contributed by atoms with E-state index in [0.717, 1.165) is 23.8 Å². The molecule has 4 heterocycles. The SMILES string of the molecule is CNC(=O)N(CCC=O)c1cc2ccn(C3CCN(CC4(F)CCN(C(=O)C5=CC=C(C6CC(F)CN(C(/C=C(\N)c7ccccc7O)=C(N)N)C6)CC5)CC4)CC3)c2cc1F. The highest BCUT2D eigenvalue weighted by atomic mass is 19.1. The van der Waals surface area contributed by atoms with Gasteiger partial charge >= 0.3 is 6.03 Å².